The molecule has 2 aromatic carbocycles. The summed E-state index contributed by atoms with van der Waals surface area (Å²) in [4.78, 5) is 36.3. The average Bonchev–Trinajstić information content (AvgIpc) is 2.68. The van der Waals surface area contributed by atoms with Gasteiger partial charge in [-0.1, -0.05) is 74.5 Å². The maximum Gasteiger partial charge on any atom is 0.321 e. The summed E-state index contributed by atoms with van der Waals surface area (Å²) in [6.45, 7) is 4.04. The van der Waals surface area contributed by atoms with Crippen LogP contribution in [0.1, 0.15) is 37.3 Å². The molecule has 0 heterocycles. The summed E-state index contributed by atoms with van der Waals surface area (Å²) in [5.74, 6) is -1.41. The standard InChI is InChI=1S/C22H26N2O4/c1-16(2)13-14-23-22(27)24-19(25)15-28-21(26)20(17-9-5-3-6-10-17)18-11-7-4-8-12-18/h3-12,16,20H,13-15H2,1-2H3,(H2,23,24,25,27). The molecule has 0 bridgehead atoms. The van der Waals surface area contributed by atoms with Gasteiger partial charge < -0.3 is 10.1 Å². The van der Waals surface area contributed by atoms with Crippen LogP contribution in [0.4, 0.5) is 4.79 Å². The van der Waals surface area contributed by atoms with E-state index in [1.165, 1.54) is 0 Å². The number of ether oxygens (including phenoxy) is 1. The van der Waals surface area contributed by atoms with Crippen LogP contribution in [-0.4, -0.2) is 31.1 Å². The normalized spacial score (nSPS) is 10.6. The lowest BCUT2D eigenvalue weighted by atomic mass is 9.91. The summed E-state index contributed by atoms with van der Waals surface area (Å²) >= 11 is 0. The number of rotatable bonds is 8. The molecule has 6 heteroatoms. The number of imide groups is 1. The van der Waals surface area contributed by atoms with Gasteiger partial charge in [0.1, 0.15) is 5.92 Å². The maximum absolute atomic E-state index is 12.7. The fraction of sp³-hybridized carbons (Fsp3) is 0.318. The minimum Gasteiger partial charge on any atom is -0.455 e. The quantitative estimate of drug-likeness (QED) is 0.687. The highest BCUT2D eigenvalue weighted by molar-refractivity contribution is 5.96. The van der Waals surface area contributed by atoms with Gasteiger partial charge in [0.2, 0.25) is 0 Å². The molecule has 0 saturated carbocycles. The van der Waals surface area contributed by atoms with Crippen LogP contribution in [0.3, 0.4) is 0 Å². The third kappa shape index (κ3) is 6.87. The fourth-order valence-corrected chi connectivity index (χ4v) is 2.66. The molecule has 0 atom stereocenters. The molecule has 0 aliphatic rings. The summed E-state index contributed by atoms with van der Waals surface area (Å²) in [7, 11) is 0. The van der Waals surface area contributed by atoms with Gasteiger partial charge in [-0.05, 0) is 23.5 Å². The van der Waals surface area contributed by atoms with Crippen molar-refractivity contribution in [1.29, 1.82) is 0 Å². The third-order valence-corrected chi connectivity index (χ3v) is 4.11. The van der Waals surface area contributed by atoms with Gasteiger partial charge in [0.15, 0.2) is 6.61 Å². The van der Waals surface area contributed by atoms with Crippen LogP contribution in [0.2, 0.25) is 0 Å². The lowest BCUT2D eigenvalue weighted by Gasteiger charge is -2.17. The Morgan fingerprint density at radius 2 is 1.43 bits per heavy atom. The summed E-state index contributed by atoms with van der Waals surface area (Å²) in [6, 6.07) is 17.8. The van der Waals surface area contributed by atoms with Crippen LogP contribution in [0.25, 0.3) is 0 Å². The molecule has 0 spiro atoms. The van der Waals surface area contributed by atoms with E-state index in [0.29, 0.717) is 12.5 Å². The Kier molecular flexibility index (Phi) is 8.21. The van der Waals surface area contributed by atoms with Gasteiger partial charge in [-0.15, -0.1) is 0 Å². The lowest BCUT2D eigenvalue weighted by Crippen LogP contribution is -2.42. The van der Waals surface area contributed by atoms with Gasteiger partial charge in [0, 0.05) is 6.54 Å². The van der Waals surface area contributed by atoms with Crippen molar-refractivity contribution in [3.05, 3.63) is 71.8 Å². The first-order chi connectivity index (χ1) is 13.5. The Bertz CT molecular complexity index is 736. The van der Waals surface area contributed by atoms with Crippen molar-refractivity contribution in [3.63, 3.8) is 0 Å². The third-order valence-electron chi connectivity index (χ3n) is 4.11. The molecule has 0 aromatic heterocycles. The first kappa shape index (κ1) is 21.2. The fourth-order valence-electron chi connectivity index (χ4n) is 2.66. The summed E-state index contributed by atoms with van der Waals surface area (Å²) in [5.41, 5.74) is 1.54. The second-order valence-electron chi connectivity index (χ2n) is 6.85. The van der Waals surface area contributed by atoms with E-state index in [-0.39, 0.29) is 0 Å². The van der Waals surface area contributed by atoms with Gasteiger partial charge in [0.05, 0.1) is 0 Å². The number of hydrogen-bond donors (Lipinski definition) is 2. The van der Waals surface area contributed by atoms with E-state index in [9.17, 15) is 14.4 Å². The van der Waals surface area contributed by atoms with Crippen molar-refractivity contribution in [1.82, 2.24) is 10.6 Å². The molecule has 2 N–H and O–H groups in total. The molecule has 0 radical (unpaired) electrons. The summed E-state index contributed by atoms with van der Waals surface area (Å²) in [5, 5.41) is 4.76. The van der Waals surface area contributed by atoms with Crippen LogP contribution in [0.15, 0.2) is 60.7 Å². The predicted molar refractivity (Wildman–Crippen MR) is 107 cm³/mol. The van der Waals surface area contributed by atoms with Gasteiger partial charge >= 0.3 is 12.0 Å². The first-order valence-corrected chi connectivity index (χ1v) is 9.31. The molecule has 2 aromatic rings. The van der Waals surface area contributed by atoms with Gasteiger partial charge in [0.25, 0.3) is 5.91 Å². The number of esters is 1. The molecule has 0 aliphatic heterocycles. The van der Waals surface area contributed by atoms with Crippen molar-refractivity contribution < 1.29 is 19.1 Å². The summed E-state index contributed by atoms with van der Waals surface area (Å²) < 4.78 is 5.19. The zero-order chi connectivity index (χ0) is 20.4. The molecular formula is C22H26N2O4. The van der Waals surface area contributed by atoms with Crippen LogP contribution in [0, 0.1) is 5.92 Å². The molecule has 0 aliphatic carbocycles. The molecule has 0 fully saturated rings. The van der Waals surface area contributed by atoms with Crippen LogP contribution >= 0.6 is 0 Å². The zero-order valence-electron chi connectivity index (χ0n) is 16.2. The zero-order valence-corrected chi connectivity index (χ0v) is 16.2. The minimum atomic E-state index is -0.671. The lowest BCUT2D eigenvalue weighted by molar-refractivity contribution is -0.148. The van der Waals surface area contributed by atoms with E-state index in [1.807, 2.05) is 74.5 Å². The number of amides is 3. The second kappa shape index (κ2) is 10.9. The molecule has 28 heavy (non-hydrogen) atoms. The molecular weight excluding hydrogens is 356 g/mol. The molecule has 0 saturated heterocycles. The Labute approximate surface area is 165 Å². The second-order valence-corrected chi connectivity index (χ2v) is 6.85. The number of urea groups is 1. The SMILES string of the molecule is CC(C)CCNC(=O)NC(=O)COC(=O)C(c1ccccc1)c1ccccc1. The van der Waals surface area contributed by atoms with E-state index < -0.39 is 30.4 Å². The van der Waals surface area contributed by atoms with Gasteiger partial charge in [-0.25, -0.2) is 4.79 Å². The monoisotopic (exact) mass is 382 g/mol. The molecule has 2 rings (SSSR count). The van der Waals surface area contributed by atoms with Crippen LogP contribution in [0.5, 0.6) is 0 Å². The van der Waals surface area contributed by atoms with E-state index in [2.05, 4.69) is 10.6 Å². The van der Waals surface area contributed by atoms with E-state index >= 15 is 0 Å². The molecule has 6 nitrogen and oxygen atoms in total. The number of carbonyl (C=O) groups excluding carboxylic acids is 3. The highest BCUT2D eigenvalue weighted by Crippen LogP contribution is 2.25. The molecule has 0 unspecified atom stereocenters. The van der Waals surface area contributed by atoms with Crippen molar-refractivity contribution in [2.24, 2.45) is 5.92 Å². The summed E-state index contributed by atoms with van der Waals surface area (Å²) in [6.07, 6.45) is 0.812. The highest BCUT2D eigenvalue weighted by atomic mass is 16.5. The Morgan fingerprint density at radius 3 is 1.93 bits per heavy atom. The topological polar surface area (TPSA) is 84.5 Å². The van der Waals surface area contributed by atoms with E-state index in [4.69, 9.17) is 4.74 Å². The minimum absolute atomic E-state index is 0.449. The average molecular weight is 382 g/mol. The maximum atomic E-state index is 12.7. The molecule has 148 valence electrons. The number of carbonyl (C=O) groups is 3. The van der Waals surface area contributed by atoms with Crippen molar-refractivity contribution in [2.75, 3.05) is 13.2 Å². The van der Waals surface area contributed by atoms with Crippen molar-refractivity contribution >= 4 is 17.9 Å². The van der Waals surface area contributed by atoms with E-state index in [1.54, 1.807) is 0 Å². The van der Waals surface area contributed by atoms with Crippen LogP contribution in [-0.2, 0) is 14.3 Å². The number of benzene rings is 2. The largest absolute Gasteiger partial charge is 0.455 e. The number of nitrogens with one attached hydrogen (secondary N) is 2. The van der Waals surface area contributed by atoms with Crippen molar-refractivity contribution in [2.45, 2.75) is 26.2 Å². The smallest absolute Gasteiger partial charge is 0.321 e. The van der Waals surface area contributed by atoms with Crippen molar-refractivity contribution in [3.8, 4) is 0 Å². The van der Waals surface area contributed by atoms with Gasteiger partial charge in [-0.3, -0.25) is 14.9 Å². The van der Waals surface area contributed by atoms with Gasteiger partial charge in [-0.2, -0.15) is 0 Å². The Morgan fingerprint density at radius 1 is 0.893 bits per heavy atom. The Balaban J connectivity index is 1.93. The van der Waals surface area contributed by atoms with Crippen LogP contribution < -0.4 is 10.6 Å². The number of hydrogen-bond acceptors (Lipinski definition) is 4. The van der Waals surface area contributed by atoms with E-state index in [0.717, 1.165) is 17.5 Å². The predicted octanol–water partition coefficient (Wildman–Crippen LogP) is 3.23. The highest BCUT2D eigenvalue weighted by Gasteiger charge is 2.25. The molecule has 3 amide bonds. The first-order valence-electron chi connectivity index (χ1n) is 9.31. The Hall–Kier alpha value is -3.15.